The molecule has 0 radical (unpaired) electrons. The molecule has 0 aromatic heterocycles. The summed E-state index contributed by atoms with van der Waals surface area (Å²) < 4.78 is 52.7. The van der Waals surface area contributed by atoms with Crippen LogP contribution in [0.5, 0.6) is 5.75 Å². The minimum atomic E-state index is -4.80. The molecular weight excluding hydrogens is 499 g/mol. The molecule has 3 aromatic carbocycles. The Labute approximate surface area is 219 Å². The number of benzene rings is 3. The third-order valence-electron chi connectivity index (χ3n) is 6.37. The van der Waals surface area contributed by atoms with Crippen molar-refractivity contribution in [3.05, 3.63) is 89.0 Å². The molecule has 3 aromatic rings. The Morgan fingerprint density at radius 1 is 0.921 bits per heavy atom. The Bertz CT molecular complexity index is 1290. The lowest BCUT2D eigenvalue weighted by Gasteiger charge is -2.27. The molecule has 0 heterocycles. The second kappa shape index (κ2) is 11.6. The highest BCUT2D eigenvalue weighted by Crippen LogP contribution is 2.44. The molecule has 1 amide bonds. The Morgan fingerprint density at radius 3 is 2.13 bits per heavy atom. The predicted molar refractivity (Wildman–Crippen MR) is 137 cm³/mol. The van der Waals surface area contributed by atoms with Crippen LogP contribution in [0.2, 0.25) is 0 Å². The first kappa shape index (κ1) is 28.6. The van der Waals surface area contributed by atoms with E-state index in [1.54, 1.807) is 31.2 Å². The zero-order valence-electron chi connectivity index (χ0n) is 21.6. The lowest BCUT2D eigenvalue weighted by atomic mass is 9.79. The zero-order chi connectivity index (χ0) is 28.1. The van der Waals surface area contributed by atoms with E-state index < -0.39 is 34.8 Å². The highest BCUT2D eigenvalue weighted by atomic mass is 19.4. The number of rotatable bonds is 9. The van der Waals surface area contributed by atoms with Crippen molar-refractivity contribution in [2.45, 2.75) is 45.5 Å². The van der Waals surface area contributed by atoms with E-state index in [1.807, 2.05) is 30.3 Å². The molecule has 0 spiro atoms. The summed E-state index contributed by atoms with van der Waals surface area (Å²) in [5.74, 6) is -1.46. The topological polar surface area (TPSA) is 76.1 Å². The normalized spacial score (nSPS) is 11.7. The number of hydrogen-bond acceptors (Lipinski definition) is 4. The fourth-order valence-corrected chi connectivity index (χ4v) is 4.07. The fourth-order valence-electron chi connectivity index (χ4n) is 4.07. The van der Waals surface area contributed by atoms with Crippen LogP contribution >= 0.6 is 0 Å². The minimum Gasteiger partial charge on any atom is -0.496 e. The minimum absolute atomic E-state index is 0.0654. The number of carbonyl (C=O) groups excluding carboxylic acids is 1. The number of methoxy groups -OCH3 is 1. The first-order valence-electron chi connectivity index (χ1n) is 12.0. The molecule has 0 aliphatic rings. The molecule has 3 rings (SSSR count). The summed E-state index contributed by atoms with van der Waals surface area (Å²) in [5.41, 5.74) is -1.05. The van der Waals surface area contributed by atoms with Gasteiger partial charge < -0.3 is 19.5 Å². The summed E-state index contributed by atoms with van der Waals surface area (Å²) >= 11 is 0. The maximum atomic E-state index is 14.0. The smallest absolute Gasteiger partial charge is 0.416 e. The molecular formula is C29H30F3NO5. The molecule has 0 unspecified atom stereocenters. The van der Waals surface area contributed by atoms with Crippen molar-refractivity contribution in [2.24, 2.45) is 0 Å². The van der Waals surface area contributed by atoms with Crippen molar-refractivity contribution in [1.29, 1.82) is 0 Å². The summed E-state index contributed by atoms with van der Waals surface area (Å²) in [4.78, 5) is 26.2. The van der Waals surface area contributed by atoms with Gasteiger partial charge in [0, 0.05) is 18.7 Å². The number of nitrogens with zero attached hydrogens (tertiary/aromatic N) is 1. The summed E-state index contributed by atoms with van der Waals surface area (Å²) in [6.07, 6.45) is -5.34. The van der Waals surface area contributed by atoms with E-state index in [4.69, 9.17) is 9.47 Å². The molecule has 6 nitrogen and oxygen atoms in total. The van der Waals surface area contributed by atoms with E-state index >= 15 is 0 Å². The van der Waals surface area contributed by atoms with Gasteiger partial charge >= 0.3 is 18.2 Å². The largest absolute Gasteiger partial charge is 0.496 e. The van der Waals surface area contributed by atoms with E-state index in [-0.39, 0.29) is 24.5 Å². The van der Waals surface area contributed by atoms with E-state index in [0.717, 1.165) is 11.6 Å². The number of halogens is 3. The van der Waals surface area contributed by atoms with E-state index in [0.29, 0.717) is 17.7 Å². The average Bonchev–Trinajstić information content (AvgIpc) is 2.89. The number of aliphatic carboxylic acids is 1. The van der Waals surface area contributed by atoms with Crippen molar-refractivity contribution in [2.75, 3.05) is 13.7 Å². The second-order valence-corrected chi connectivity index (χ2v) is 9.24. The third-order valence-corrected chi connectivity index (χ3v) is 6.37. The number of carbonyl (C=O) groups is 2. The van der Waals surface area contributed by atoms with Gasteiger partial charge in [-0.05, 0) is 55.2 Å². The molecule has 0 saturated carbocycles. The summed E-state index contributed by atoms with van der Waals surface area (Å²) in [6, 6.07) is 18.2. The van der Waals surface area contributed by atoms with Crippen LogP contribution in [-0.2, 0) is 34.3 Å². The van der Waals surface area contributed by atoms with Crippen LogP contribution in [0, 0.1) is 0 Å². The van der Waals surface area contributed by atoms with Crippen LogP contribution in [0.25, 0.3) is 11.1 Å². The number of carboxylic acids is 1. The molecule has 202 valence electrons. The predicted octanol–water partition coefficient (Wildman–Crippen LogP) is 6.90. The Balaban J connectivity index is 2.04. The first-order chi connectivity index (χ1) is 17.9. The lowest BCUT2D eigenvalue weighted by molar-refractivity contribution is -0.144. The molecule has 0 atom stereocenters. The number of hydrogen-bond donors (Lipinski definition) is 1. The van der Waals surface area contributed by atoms with Gasteiger partial charge in [-0.3, -0.25) is 4.79 Å². The number of amides is 1. The highest BCUT2D eigenvalue weighted by Gasteiger charge is 2.42. The number of ether oxygens (including phenoxy) is 2. The Hall–Kier alpha value is -4.01. The van der Waals surface area contributed by atoms with E-state index in [9.17, 15) is 27.9 Å². The Morgan fingerprint density at radius 2 is 1.55 bits per heavy atom. The van der Waals surface area contributed by atoms with Crippen LogP contribution in [0.4, 0.5) is 18.0 Å². The van der Waals surface area contributed by atoms with Crippen molar-refractivity contribution in [1.82, 2.24) is 4.90 Å². The molecule has 38 heavy (non-hydrogen) atoms. The molecule has 0 bridgehead atoms. The lowest BCUT2D eigenvalue weighted by Crippen LogP contribution is -2.32. The van der Waals surface area contributed by atoms with Gasteiger partial charge in [0.25, 0.3) is 0 Å². The van der Waals surface area contributed by atoms with Gasteiger partial charge in [0.15, 0.2) is 0 Å². The second-order valence-electron chi connectivity index (χ2n) is 9.24. The van der Waals surface area contributed by atoms with Crippen LogP contribution in [0.15, 0.2) is 66.7 Å². The summed E-state index contributed by atoms with van der Waals surface area (Å²) in [6.45, 7) is 4.77. The van der Waals surface area contributed by atoms with Gasteiger partial charge in [-0.2, -0.15) is 13.2 Å². The molecule has 0 saturated heterocycles. The fraction of sp³-hybridized carbons (Fsp3) is 0.310. The SMILES string of the molecule is CCN(Cc1ccccc1-c1cc(C(C)(C)C(=O)O)c(C(F)(F)F)cc1OC)C(=O)OCc1ccccc1. The quantitative estimate of drug-likeness (QED) is 0.326. The summed E-state index contributed by atoms with van der Waals surface area (Å²) in [7, 11) is 1.25. The van der Waals surface area contributed by atoms with Crippen LogP contribution in [0.3, 0.4) is 0 Å². The maximum absolute atomic E-state index is 14.0. The van der Waals surface area contributed by atoms with E-state index in [2.05, 4.69) is 0 Å². The van der Waals surface area contributed by atoms with Gasteiger partial charge in [-0.1, -0.05) is 54.6 Å². The van der Waals surface area contributed by atoms with Crippen molar-refractivity contribution >= 4 is 12.1 Å². The van der Waals surface area contributed by atoms with Crippen molar-refractivity contribution < 1.29 is 37.3 Å². The van der Waals surface area contributed by atoms with Gasteiger partial charge in [-0.15, -0.1) is 0 Å². The van der Waals surface area contributed by atoms with Crippen molar-refractivity contribution in [3.8, 4) is 16.9 Å². The van der Waals surface area contributed by atoms with Crippen molar-refractivity contribution in [3.63, 3.8) is 0 Å². The first-order valence-corrected chi connectivity index (χ1v) is 12.0. The molecule has 0 fully saturated rings. The standard InChI is InChI=1S/C29H30F3NO5/c1-5-33(27(36)38-18-19-11-7-6-8-12-19)17-20-13-9-10-14-21(20)22-15-23(28(2,3)26(34)35)24(29(30,31)32)16-25(22)37-4/h6-16H,5,17-18H2,1-4H3,(H,34,35). The molecule has 0 aliphatic heterocycles. The maximum Gasteiger partial charge on any atom is 0.416 e. The van der Waals surface area contributed by atoms with Gasteiger partial charge in [0.2, 0.25) is 0 Å². The molecule has 9 heteroatoms. The third kappa shape index (κ3) is 6.27. The molecule has 1 N–H and O–H groups in total. The van der Waals surface area contributed by atoms with Gasteiger partial charge in [-0.25, -0.2) is 4.79 Å². The van der Waals surface area contributed by atoms with E-state index in [1.165, 1.54) is 31.9 Å². The van der Waals surface area contributed by atoms with Crippen LogP contribution in [0.1, 0.15) is 43.0 Å². The van der Waals surface area contributed by atoms with Crippen LogP contribution < -0.4 is 4.74 Å². The van der Waals surface area contributed by atoms with Crippen LogP contribution in [-0.4, -0.2) is 35.7 Å². The number of carboxylic acid groups (broad SMARTS) is 1. The van der Waals surface area contributed by atoms with Gasteiger partial charge in [0.1, 0.15) is 12.4 Å². The average molecular weight is 530 g/mol. The zero-order valence-corrected chi connectivity index (χ0v) is 21.6. The van der Waals surface area contributed by atoms with Gasteiger partial charge in [0.05, 0.1) is 18.1 Å². The monoisotopic (exact) mass is 529 g/mol. The highest BCUT2D eigenvalue weighted by molar-refractivity contribution is 5.84. The molecule has 0 aliphatic carbocycles. The Kier molecular flexibility index (Phi) is 8.70. The summed E-state index contributed by atoms with van der Waals surface area (Å²) in [5, 5.41) is 9.72. The number of alkyl halides is 3.